The normalized spacial score (nSPS) is 19.0. The molecular formula is C19H25N. The van der Waals surface area contributed by atoms with Crippen molar-refractivity contribution in [3.63, 3.8) is 0 Å². The number of nitrogens with zero attached hydrogens (tertiary/aromatic N) is 1. The molecule has 1 aromatic rings. The first-order valence-corrected chi connectivity index (χ1v) is 7.64. The maximum Gasteiger partial charge on any atom is 0.0389 e. The second-order valence-corrected chi connectivity index (χ2v) is 5.65. The number of aliphatic imine (C=N–C) groups is 1. The van der Waals surface area contributed by atoms with Crippen LogP contribution in [0.5, 0.6) is 0 Å². The Hall–Kier alpha value is -1.63. The van der Waals surface area contributed by atoms with Crippen LogP contribution in [-0.2, 0) is 0 Å². The van der Waals surface area contributed by atoms with Crippen LogP contribution in [-0.4, -0.2) is 12.8 Å². The molecule has 2 rings (SSSR count). The molecule has 1 unspecified atom stereocenters. The number of rotatable bonds is 5. The molecule has 0 saturated carbocycles. The number of unbranched alkanes of at least 4 members (excludes halogenated alkanes) is 1. The Morgan fingerprint density at radius 2 is 1.95 bits per heavy atom. The summed E-state index contributed by atoms with van der Waals surface area (Å²) in [5.74, 6) is 0.500. The van der Waals surface area contributed by atoms with Gasteiger partial charge in [0.2, 0.25) is 0 Å². The minimum absolute atomic E-state index is 0.500. The summed E-state index contributed by atoms with van der Waals surface area (Å²) < 4.78 is 0. The third-order valence-electron chi connectivity index (χ3n) is 4.07. The predicted molar refractivity (Wildman–Crippen MR) is 89.3 cm³/mol. The summed E-state index contributed by atoms with van der Waals surface area (Å²) in [5, 5.41) is 0. The van der Waals surface area contributed by atoms with Crippen LogP contribution in [0.25, 0.3) is 5.57 Å². The van der Waals surface area contributed by atoms with Crippen molar-refractivity contribution in [1.82, 2.24) is 0 Å². The Balaban J connectivity index is 2.32. The molecule has 1 aliphatic carbocycles. The van der Waals surface area contributed by atoms with Crippen LogP contribution in [0.15, 0.2) is 46.5 Å². The molecule has 0 aromatic heterocycles. The third-order valence-corrected chi connectivity index (χ3v) is 4.07. The number of hydrogen-bond acceptors (Lipinski definition) is 1. The van der Waals surface area contributed by atoms with Crippen molar-refractivity contribution < 1.29 is 0 Å². The molecule has 20 heavy (non-hydrogen) atoms. The van der Waals surface area contributed by atoms with Crippen LogP contribution in [0.1, 0.15) is 51.7 Å². The molecule has 0 bridgehead atoms. The first-order chi connectivity index (χ1) is 9.65. The Morgan fingerprint density at radius 1 is 1.20 bits per heavy atom. The van der Waals surface area contributed by atoms with Gasteiger partial charge in [0.25, 0.3) is 0 Å². The molecule has 0 heterocycles. The molecule has 1 nitrogen and oxygen atoms in total. The van der Waals surface area contributed by atoms with E-state index in [0.717, 1.165) is 13.0 Å². The monoisotopic (exact) mass is 267 g/mol. The van der Waals surface area contributed by atoms with E-state index in [-0.39, 0.29) is 0 Å². The average molecular weight is 267 g/mol. The van der Waals surface area contributed by atoms with Gasteiger partial charge in [-0.15, -0.1) is 0 Å². The molecule has 0 N–H and O–H groups in total. The van der Waals surface area contributed by atoms with Crippen molar-refractivity contribution in [2.24, 2.45) is 10.9 Å². The van der Waals surface area contributed by atoms with Crippen molar-refractivity contribution in [1.29, 1.82) is 0 Å². The molecule has 0 fully saturated rings. The Morgan fingerprint density at radius 3 is 2.60 bits per heavy atom. The van der Waals surface area contributed by atoms with E-state index in [4.69, 9.17) is 0 Å². The van der Waals surface area contributed by atoms with E-state index in [1.54, 1.807) is 0 Å². The Kier molecular flexibility index (Phi) is 4.94. The molecule has 0 amide bonds. The van der Waals surface area contributed by atoms with E-state index >= 15 is 0 Å². The fourth-order valence-electron chi connectivity index (χ4n) is 2.85. The lowest BCUT2D eigenvalue weighted by molar-refractivity contribution is 0.810. The molecule has 0 spiro atoms. The molecular weight excluding hydrogens is 242 g/mol. The molecule has 0 saturated heterocycles. The van der Waals surface area contributed by atoms with Crippen LogP contribution in [0.4, 0.5) is 0 Å². The van der Waals surface area contributed by atoms with Gasteiger partial charge in [-0.1, -0.05) is 56.2 Å². The molecule has 1 heteroatoms. The molecule has 106 valence electrons. The fraction of sp³-hybridized carbons (Fsp3) is 0.421. The van der Waals surface area contributed by atoms with Crippen LogP contribution >= 0.6 is 0 Å². The summed E-state index contributed by atoms with van der Waals surface area (Å²) in [5.41, 5.74) is 6.87. The summed E-state index contributed by atoms with van der Waals surface area (Å²) in [6, 6.07) is 8.62. The molecule has 1 aromatic carbocycles. The summed E-state index contributed by atoms with van der Waals surface area (Å²) in [6.07, 6.45) is 6.77. The highest BCUT2D eigenvalue weighted by atomic mass is 14.7. The van der Waals surface area contributed by atoms with Crippen molar-refractivity contribution in [3.05, 3.63) is 52.6 Å². The van der Waals surface area contributed by atoms with Gasteiger partial charge < -0.3 is 0 Å². The van der Waals surface area contributed by atoms with Crippen LogP contribution in [0.3, 0.4) is 0 Å². The average Bonchev–Trinajstić information content (AvgIpc) is 2.69. The number of benzene rings is 1. The second-order valence-electron chi connectivity index (χ2n) is 5.65. The zero-order valence-corrected chi connectivity index (χ0v) is 13.1. The van der Waals surface area contributed by atoms with E-state index < -0.39 is 0 Å². The van der Waals surface area contributed by atoms with Gasteiger partial charge in [-0.05, 0) is 42.5 Å². The maximum absolute atomic E-state index is 4.57. The maximum atomic E-state index is 4.57. The number of hydrogen-bond donors (Lipinski definition) is 0. The van der Waals surface area contributed by atoms with Gasteiger partial charge in [0.05, 0.1) is 0 Å². The summed E-state index contributed by atoms with van der Waals surface area (Å²) in [7, 11) is 0. The standard InChI is InChI=1S/C19H25N/c1-5-6-11-20-13-17-9-7-8-10-18(17)19-15(3)12-14(2)16(19)4/h7-10,12-13,15H,5-6,11H2,1-4H3/b20-13+. The van der Waals surface area contributed by atoms with E-state index in [0.29, 0.717) is 5.92 Å². The highest BCUT2D eigenvalue weighted by Gasteiger charge is 2.20. The smallest absolute Gasteiger partial charge is 0.0389 e. The Bertz CT molecular complexity index is 561. The van der Waals surface area contributed by atoms with Gasteiger partial charge >= 0.3 is 0 Å². The van der Waals surface area contributed by atoms with Crippen molar-refractivity contribution in [2.75, 3.05) is 6.54 Å². The van der Waals surface area contributed by atoms with Crippen molar-refractivity contribution in [2.45, 2.75) is 40.5 Å². The summed E-state index contributed by atoms with van der Waals surface area (Å²) >= 11 is 0. The van der Waals surface area contributed by atoms with E-state index in [9.17, 15) is 0 Å². The molecule has 1 atom stereocenters. The van der Waals surface area contributed by atoms with Crippen LogP contribution in [0, 0.1) is 5.92 Å². The van der Waals surface area contributed by atoms with Crippen molar-refractivity contribution >= 4 is 11.8 Å². The van der Waals surface area contributed by atoms with Gasteiger partial charge in [-0.25, -0.2) is 0 Å². The predicted octanol–water partition coefficient (Wildman–Crippen LogP) is 5.28. The first-order valence-electron chi connectivity index (χ1n) is 7.64. The van der Waals surface area contributed by atoms with Gasteiger partial charge in [0.15, 0.2) is 0 Å². The topological polar surface area (TPSA) is 12.4 Å². The van der Waals surface area contributed by atoms with Crippen LogP contribution < -0.4 is 0 Å². The largest absolute Gasteiger partial charge is 0.293 e. The fourth-order valence-corrected chi connectivity index (χ4v) is 2.85. The highest BCUT2D eigenvalue weighted by molar-refractivity contribution is 5.91. The first kappa shape index (κ1) is 14.8. The van der Waals surface area contributed by atoms with Gasteiger partial charge in [0.1, 0.15) is 0 Å². The zero-order valence-electron chi connectivity index (χ0n) is 13.1. The SMILES string of the molecule is CCCC/N=C/c1ccccc1C1=C(C)C(C)=CC1C. The lowest BCUT2D eigenvalue weighted by Crippen LogP contribution is -1.98. The molecule has 1 aliphatic rings. The van der Waals surface area contributed by atoms with Crippen molar-refractivity contribution in [3.8, 4) is 0 Å². The highest BCUT2D eigenvalue weighted by Crippen LogP contribution is 2.38. The van der Waals surface area contributed by atoms with E-state index in [2.05, 4.69) is 63.0 Å². The minimum atomic E-state index is 0.500. The lowest BCUT2D eigenvalue weighted by Gasteiger charge is -2.13. The molecule has 0 radical (unpaired) electrons. The molecule has 0 aliphatic heterocycles. The zero-order chi connectivity index (χ0) is 14.5. The van der Waals surface area contributed by atoms with Crippen LogP contribution in [0.2, 0.25) is 0 Å². The van der Waals surface area contributed by atoms with Gasteiger partial charge in [0, 0.05) is 18.7 Å². The van der Waals surface area contributed by atoms with E-state index in [1.807, 2.05) is 6.21 Å². The number of allylic oxidation sites excluding steroid dienone is 4. The quantitative estimate of drug-likeness (QED) is 0.508. The second kappa shape index (κ2) is 6.69. The summed E-state index contributed by atoms with van der Waals surface area (Å²) in [6.45, 7) is 9.84. The van der Waals surface area contributed by atoms with Gasteiger partial charge in [-0.3, -0.25) is 4.99 Å². The van der Waals surface area contributed by atoms with E-state index in [1.165, 1.54) is 34.3 Å². The summed E-state index contributed by atoms with van der Waals surface area (Å²) in [4.78, 5) is 4.57. The Labute approximate surface area is 123 Å². The third kappa shape index (κ3) is 3.09. The minimum Gasteiger partial charge on any atom is -0.293 e. The van der Waals surface area contributed by atoms with Gasteiger partial charge in [-0.2, -0.15) is 0 Å². The lowest BCUT2D eigenvalue weighted by atomic mass is 9.91.